The van der Waals surface area contributed by atoms with E-state index in [2.05, 4.69) is 0 Å². The number of esters is 1. The number of carbonyl (C=O) groups excluding carboxylic acids is 3. The molecule has 1 aliphatic rings. The normalized spacial score (nSPS) is 23.6. The number of carbonyl (C=O) groups is 3. The van der Waals surface area contributed by atoms with Crippen molar-refractivity contribution < 1.29 is 23.5 Å². The van der Waals surface area contributed by atoms with Gasteiger partial charge in [0, 0.05) is 7.05 Å². The first-order valence-electron chi connectivity index (χ1n) is 5.59. The number of Topliss-reactive ketones (excluding diaryl/α,β-unsaturated/α-hetero) is 1. The maximum Gasteiger partial charge on any atom is 0.319 e. The quantitative estimate of drug-likeness (QED) is 0.445. The first-order chi connectivity index (χ1) is 8.57. The summed E-state index contributed by atoms with van der Waals surface area (Å²) >= 11 is 0. The Hall–Kier alpha value is -2.11. The molecule has 1 aliphatic heterocycles. The van der Waals surface area contributed by atoms with Crippen molar-refractivity contribution in [1.29, 1.82) is 0 Å². The second-order valence-corrected chi connectivity index (χ2v) is 3.97. The van der Waals surface area contributed by atoms with E-state index in [9.17, 15) is 14.4 Å². The van der Waals surface area contributed by atoms with Gasteiger partial charge in [0.2, 0.25) is 5.78 Å². The van der Waals surface area contributed by atoms with E-state index in [1.54, 1.807) is 19.1 Å². The third-order valence-electron chi connectivity index (χ3n) is 2.92. The van der Waals surface area contributed by atoms with Crippen LogP contribution in [0.4, 0.5) is 0 Å². The fourth-order valence-electron chi connectivity index (χ4n) is 2.08. The summed E-state index contributed by atoms with van der Waals surface area (Å²) in [7, 11) is 1.46. The molecule has 0 bridgehead atoms. The Labute approximate surface area is 103 Å². The molecule has 1 aromatic rings. The molecule has 6 nitrogen and oxygen atoms in total. The number of ether oxygens (including phenoxy) is 1. The standard InChI is InChI=1S/C12H13NO5/c1-3-17-12(16)8-9(7-5-4-6-18-7)13(2)11(15)10(8)14/h4-6,8-9H,3H2,1-2H3/t8-,9-/m0/s1. The third-order valence-corrected chi connectivity index (χ3v) is 2.92. The molecule has 0 saturated carbocycles. The Morgan fingerprint density at radius 2 is 2.22 bits per heavy atom. The Balaban J connectivity index is 2.37. The van der Waals surface area contributed by atoms with Gasteiger partial charge in [0.05, 0.1) is 12.9 Å². The number of likely N-dealkylation sites (tertiary alicyclic amines) is 1. The Morgan fingerprint density at radius 1 is 1.50 bits per heavy atom. The van der Waals surface area contributed by atoms with Crippen molar-refractivity contribution >= 4 is 17.7 Å². The minimum atomic E-state index is -1.14. The monoisotopic (exact) mass is 251 g/mol. The highest BCUT2D eigenvalue weighted by Crippen LogP contribution is 2.35. The van der Waals surface area contributed by atoms with Gasteiger partial charge in [-0.2, -0.15) is 0 Å². The zero-order valence-corrected chi connectivity index (χ0v) is 10.1. The van der Waals surface area contributed by atoms with Crippen LogP contribution in [0.2, 0.25) is 0 Å². The molecule has 1 aromatic heterocycles. The molecular weight excluding hydrogens is 238 g/mol. The topological polar surface area (TPSA) is 76.8 Å². The van der Waals surface area contributed by atoms with Gasteiger partial charge in [0.1, 0.15) is 11.8 Å². The SMILES string of the molecule is CCOC(=O)[C@@H]1C(=O)C(=O)N(C)[C@H]1c1ccco1. The summed E-state index contributed by atoms with van der Waals surface area (Å²) in [6.45, 7) is 1.80. The second kappa shape index (κ2) is 4.64. The largest absolute Gasteiger partial charge is 0.467 e. The molecule has 0 N–H and O–H groups in total. The number of furan rings is 1. The Kier molecular flexibility index (Phi) is 3.18. The van der Waals surface area contributed by atoms with E-state index in [0.717, 1.165) is 0 Å². The summed E-state index contributed by atoms with van der Waals surface area (Å²) < 4.78 is 10.0. The highest BCUT2D eigenvalue weighted by atomic mass is 16.5. The summed E-state index contributed by atoms with van der Waals surface area (Å²) in [4.78, 5) is 36.5. The number of likely N-dealkylation sites (N-methyl/N-ethyl adjacent to an activating group) is 1. The van der Waals surface area contributed by atoms with Crippen LogP contribution in [0.15, 0.2) is 22.8 Å². The summed E-state index contributed by atoms with van der Waals surface area (Å²) in [5, 5.41) is 0. The molecule has 2 heterocycles. The average molecular weight is 251 g/mol. The first kappa shape index (κ1) is 12.3. The van der Waals surface area contributed by atoms with Crippen molar-refractivity contribution in [2.75, 3.05) is 13.7 Å². The minimum Gasteiger partial charge on any atom is -0.467 e. The predicted octanol–water partition coefficient (Wildman–Crippen LogP) is 0.541. The van der Waals surface area contributed by atoms with E-state index in [-0.39, 0.29) is 6.61 Å². The number of hydrogen-bond acceptors (Lipinski definition) is 5. The molecule has 0 spiro atoms. The van der Waals surface area contributed by atoms with Gasteiger partial charge >= 0.3 is 5.97 Å². The number of hydrogen-bond donors (Lipinski definition) is 0. The fraction of sp³-hybridized carbons (Fsp3) is 0.417. The number of amides is 1. The van der Waals surface area contributed by atoms with Gasteiger partial charge in [0.25, 0.3) is 5.91 Å². The maximum absolute atomic E-state index is 11.8. The summed E-state index contributed by atoms with van der Waals surface area (Å²) in [5.74, 6) is -2.89. The van der Waals surface area contributed by atoms with Crippen LogP contribution in [0.1, 0.15) is 18.7 Å². The molecule has 0 unspecified atom stereocenters. The van der Waals surface area contributed by atoms with Crippen LogP contribution in [-0.2, 0) is 19.1 Å². The van der Waals surface area contributed by atoms with Crippen LogP contribution in [-0.4, -0.2) is 36.2 Å². The van der Waals surface area contributed by atoms with Gasteiger partial charge < -0.3 is 14.1 Å². The molecule has 18 heavy (non-hydrogen) atoms. The van der Waals surface area contributed by atoms with Crippen LogP contribution in [0.5, 0.6) is 0 Å². The van der Waals surface area contributed by atoms with Crippen LogP contribution in [0, 0.1) is 5.92 Å². The smallest absolute Gasteiger partial charge is 0.319 e. The van der Waals surface area contributed by atoms with Crippen LogP contribution in [0.3, 0.4) is 0 Å². The van der Waals surface area contributed by atoms with Gasteiger partial charge in [-0.25, -0.2) is 0 Å². The van der Waals surface area contributed by atoms with E-state index >= 15 is 0 Å². The van der Waals surface area contributed by atoms with Gasteiger partial charge in [-0.15, -0.1) is 0 Å². The van der Waals surface area contributed by atoms with E-state index in [0.29, 0.717) is 5.76 Å². The lowest BCUT2D eigenvalue weighted by molar-refractivity contribution is -0.152. The van der Waals surface area contributed by atoms with Gasteiger partial charge in [-0.3, -0.25) is 14.4 Å². The van der Waals surface area contributed by atoms with Crippen molar-refractivity contribution in [2.45, 2.75) is 13.0 Å². The molecule has 0 aromatic carbocycles. The molecule has 1 fully saturated rings. The molecule has 0 aliphatic carbocycles. The minimum absolute atomic E-state index is 0.158. The summed E-state index contributed by atoms with van der Waals surface area (Å²) in [6, 6.07) is 2.54. The van der Waals surface area contributed by atoms with Gasteiger partial charge in [0.15, 0.2) is 5.92 Å². The van der Waals surface area contributed by atoms with Crippen molar-refractivity contribution in [2.24, 2.45) is 5.92 Å². The average Bonchev–Trinajstić information content (AvgIpc) is 2.92. The van der Waals surface area contributed by atoms with Gasteiger partial charge in [-0.05, 0) is 19.1 Å². The molecule has 2 rings (SSSR count). The Bertz CT molecular complexity index is 479. The number of rotatable bonds is 3. The van der Waals surface area contributed by atoms with Gasteiger partial charge in [-0.1, -0.05) is 0 Å². The van der Waals surface area contributed by atoms with E-state index in [1.807, 2.05) is 0 Å². The van der Waals surface area contributed by atoms with E-state index < -0.39 is 29.6 Å². The molecular formula is C12H13NO5. The van der Waals surface area contributed by atoms with Crippen LogP contribution >= 0.6 is 0 Å². The van der Waals surface area contributed by atoms with Crippen LogP contribution < -0.4 is 0 Å². The first-order valence-corrected chi connectivity index (χ1v) is 5.59. The lowest BCUT2D eigenvalue weighted by Gasteiger charge is -2.20. The fourth-order valence-corrected chi connectivity index (χ4v) is 2.08. The van der Waals surface area contributed by atoms with E-state index in [1.165, 1.54) is 18.2 Å². The number of nitrogens with zero attached hydrogens (tertiary/aromatic N) is 1. The molecule has 1 amide bonds. The predicted molar refractivity (Wildman–Crippen MR) is 59.3 cm³/mol. The van der Waals surface area contributed by atoms with Crippen molar-refractivity contribution in [3.63, 3.8) is 0 Å². The lowest BCUT2D eigenvalue weighted by Crippen LogP contribution is -2.28. The van der Waals surface area contributed by atoms with Crippen molar-refractivity contribution in [1.82, 2.24) is 4.90 Å². The second-order valence-electron chi connectivity index (χ2n) is 3.97. The molecule has 1 saturated heterocycles. The summed E-state index contributed by atoms with van der Waals surface area (Å²) in [6.07, 6.45) is 1.43. The Morgan fingerprint density at radius 3 is 2.78 bits per heavy atom. The summed E-state index contributed by atoms with van der Waals surface area (Å²) in [5.41, 5.74) is 0. The molecule has 96 valence electrons. The lowest BCUT2D eigenvalue weighted by atomic mass is 9.97. The molecule has 6 heteroatoms. The highest BCUT2D eigenvalue weighted by Gasteiger charge is 2.52. The van der Waals surface area contributed by atoms with Crippen LogP contribution in [0.25, 0.3) is 0 Å². The molecule has 2 atom stereocenters. The zero-order valence-electron chi connectivity index (χ0n) is 10.1. The maximum atomic E-state index is 11.8. The number of ketones is 1. The van der Waals surface area contributed by atoms with Crippen molar-refractivity contribution in [3.05, 3.63) is 24.2 Å². The highest BCUT2D eigenvalue weighted by molar-refractivity contribution is 6.42. The third kappa shape index (κ3) is 1.79. The molecule has 0 radical (unpaired) electrons. The van der Waals surface area contributed by atoms with Crippen molar-refractivity contribution in [3.8, 4) is 0 Å². The van der Waals surface area contributed by atoms with E-state index in [4.69, 9.17) is 9.15 Å². The zero-order chi connectivity index (χ0) is 13.3.